The summed E-state index contributed by atoms with van der Waals surface area (Å²) in [6.45, 7) is 0.521. The van der Waals surface area contributed by atoms with Crippen LogP contribution in [0.1, 0.15) is 25.7 Å². The summed E-state index contributed by atoms with van der Waals surface area (Å²) in [4.78, 5) is 14.0. The Balaban J connectivity index is 1.80. The molecule has 2 saturated carbocycles. The Kier molecular flexibility index (Phi) is 3.42. The standard InChI is InChI=1S/C16H22N2O2/c1-18(14-5-3-2-4-6-14)11-16(15(19)20,12-7-8-12)17-13-9-10-13/h2-6,12-13,17H,7-11H2,1H3,(H,19,20). The van der Waals surface area contributed by atoms with E-state index >= 15 is 0 Å². The van der Waals surface area contributed by atoms with Crippen LogP contribution in [0.3, 0.4) is 0 Å². The number of carboxylic acids is 1. The molecule has 4 nitrogen and oxygen atoms in total. The molecule has 0 heterocycles. The van der Waals surface area contributed by atoms with Crippen LogP contribution in [0.4, 0.5) is 5.69 Å². The third kappa shape index (κ3) is 2.66. The van der Waals surface area contributed by atoms with E-state index in [2.05, 4.69) is 10.2 Å². The van der Waals surface area contributed by atoms with Gasteiger partial charge in [0.25, 0.3) is 0 Å². The topological polar surface area (TPSA) is 52.6 Å². The highest BCUT2D eigenvalue weighted by molar-refractivity contribution is 5.81. The Hall–Kier alpha value is -1.55. The third-order valence-corrected chi connectivity index (χ3v) is 4.38. The van der Waals surface area contributed by atoms with Crippen LogP contribution in [0, 0.1) is 5.92 Å². The van der Waals surface area contributed by atoms with Crippen LogP contribution < -0.4 is 10.2 Å². The fourth-order valence-corrected chi connectivity index (χ4v) is 2.91. The number of anilines is 1. The second kappa shape index (κ2) is 5.09. The molecule has 1 atom stereocenters. The zero-order valence-electron chi connectivity index (χ0n) is 11.9. The number of hydrogen-bond donors (Lipinski definition) is 2. The number of para-hydroxylation sites is 1. The molecular formula is C16H22N2O2. The molecule has 0 bridgehead atoms. The highest BCUT2D eigenvalue weighted by atomic mass is 16.4. The summed E-state index contributed by atoms with van der Waals surface area (Å²) in [5, 5.41) is 13.2. The Bertz CT molecular complexity index is 483. The van der Waals surface area contributed by atoms with Crippen LogP contribution in [0.15, 0.2) is 30.3 Å². The van der Waals surface area contributed by atoms with Crippen LogP contribution in [0.25, 0.3) is 0 Å². The van der Waals surface area contributed by atoms with Crippen molar-refractivity contribution in [1.82, 2.24) is 5.32 Å². The average Bonchev–Trinajstić information content (AvgIpc) is 3.31. The Morgan fingerprint density at radius 1 is 1.30 bits per heavy atom. The lowest BCUT2D eigenvalue weighted by Gasteiger charge is -2.36. The monoisotopic (exact) mass is 274 g/mol. The second-order valence-corrected chi connectivity index (χ2v) is 6.16. The molecule has 4 heteroatoms. The van der Waals surface area contributed by atoms with Crippen molar-refractivity contribution in [3.63, 3.8) is 0 Å². The van der Waals surface area contributed by atoms with E-state index < -0.39 is 11.5 Å². The normalized spacial score (nSPS) is 21.2. The molecule has 0 radical (unpaired) electrons. The predicted molar refractivity (Wildman–Crippen MR) is 79.0 cm³/mol. The molecule has 20 heavy (non-hydrogen) atoms. The van der Waals surface area contributed by atoms with Crippen LogP contribution in [-0.4, -0.2) is 36.2 Å². The summed E-state index contributed by atoms with van der Waals surface area (Å²) in [6, 6.07) is 10.4. The van der Waals surface area contributed by atoms with E-state index in [4.69, 9.17) is 0 Å². The summed E-state index contributed by atoms with van der Waals surface area (Å²) in [6.07, 6.45) is 4.26. The molecule has 3 rings (SSSR count). The summed E-state index contributed by atoms with van der Waals surface area (Å²) < 4.78 is 0. The van der Waals surface area contributed by atoms with Gasteiger partial charge in [-0.05, 0) is 43.7 Å². The van der Waals surface area contributed by atoms with E-state index in [1.807, 2.05) is 37.4 Å². The highest BCUT2D eigenvalue weighted by Crippen LogP contribution is 2.42. The van der Waals surface area contributed by atoms with Crippen LogP contribution >= 0.6 is 0 Å². The van der Waals surface area contributed by atoms with Gasteiger partial charge in [0.1, 0.15) is 5.54 Å². The lowest BCUT2D eigenvalue weighted by atomic mass is 9.92. The van der Waals surface area contributed by atoms with Crippen LogP contribution in [-0.2, 0) is 4.79 Å². The minimum absolute atomic E-state index is 0.270. The number of likely N-dealkylation sites (N-methyl/N-ethyl adjacent to an activating group) is 1. The van der Waals surface area contributed by atoms with Crippen LogP contribution in [0.5, 0.6) is 0 Å². The molecule has 1 aromatic rings. The fourth-order valence-electron chi connectivity index (χ4n) is 2.91. The first-order chi connectivity index (χ1) is 9.62. The van der Waals surface area contributed by atoms with Gasteiger partial charge < -0.3 is 10.0 Å². The van der Waals surface area contributed by atoms with Gasteiger partial charge in [0.15, 0.2) is 0 Å². The Morgan fingerprint density at radius 2 is 1.95 bits per heavy atom. The van der Waals surface area contributed by atoms with Crippen molar-refractivity contribution < 1.29 is 9.90 Å². The van der Waals surface area contributed by atoms with Gasteiger partial charge in [0.2, 0.25) is 0 Å². The molecule has 0 spiro atoms. The number of nitrogens with zero attached hydrogens (tertiary/aromatic N) is 1. The molecule has 0 saturated heterocycles. The number of benzene rings is 1. The lowest BCUT2D eigenvalue weighted by Crippen LogP contribution is -2.61. The van der Waals surface area contributed by atoms with E-state index in [-0.39, 0.29) is 5.92 Å². The van der Waals surface area contributed by atoms with Crippen molar-refractivity contribution in [3.8, 4) is 0 Å². The first kappa shape index (κ1) is 13.4. The number of aliphatic carboxylic acids is 1. The van der Waals surface area contributed by atoms with Gasteiger partial charge in [0.05, 0.1) is 0 Å². The largest absolute Gasteiger partial charge is 0.480 e. The van der Waals surface area contributed by atoms with Gasteiger partial charge in [-0.25, -0.2) is 0 Å². The molecule has 0 aliphatic heterocycles. The molecule has 0 aromatic heterocycles. The van der Waals surface area contributed by atoms with Crippen molar-refractivity contribution in [2.45, 2.75) is 37.3 Å². The summed E-state index contributed by atoms with van der Waals surface area (Å²) >= 11 is 0. The van der Waals surface area contributed by atoms with Crippen LogP contribution in [0.2, 0.25) is 0 Å². The Morgan fingerprint density at radius 3 is 2.45 bits per heavy atom. The molecule has 1 aromatic carbocycles. The summed E-state index contributed by atoms with van der Waals surface area (Å²) in [7, 11) is 1.98. The van der Waals surface area contributed by atoms with Crippen molar-refractivity contribution >= 4 is 11.7 Å². The molecule has 2 fully saturated rings. The van der Waals surface area contributed by atoms with Crippen molar-refractivity contribution in [2.75, 3.05) is 18.5 Å². The minimum Gasteiger partial charge on any atom is -0.480 e. The first-order valence-corrected chi connectivity index (χ1v) is 7.39. The molecular weight excluding hydrogens is 252 g/mol. The van der Waals surface area contributed by atoms with E-state index in [9.17, 15) is 9.90 Å². The predicted octanol–water partition coefficient (Wildman–Crippen LogP) is 2.11. The van der Waals surface area contributed by atoms with Gasteiger partial charge in [-0.15, -0.1) is 0 Å². The zero-order valence-corrected chi connectivity index (χ0v) is 11.9. The number of rotatable bonds is 7. The molecule has 2 N–H and O–H groups in total. The quantitative estimate of drug-likeness (QED) is 0.799. The van der Waals surface area contributed by atoms with Crippen molar-refractivity contribution in [2.24, 2.45) is 5.92 Å². The van der Waals surface area contributed by atoms with Gasteiger partial charge >= 0.3 is 5.97 Å². The van der Waals surface area contributed by atoms with Gasteiger partial charge in [0, 0.05) is 25.3 Å². The highest BCUT2D eigenvalue weighted by Gasteiger charge is 2.53. The number of carbonyl (C=O) groups is 1. The minimum atomic E-state index is -0.786. The average molecular weight is 274 g/mol. The van der Waals surface area contributed by atoms with E-state index in [1.165, 1.54) is 0 Å². The second-order valence-electron chi connectivity index (χ2n) is 6.16. The lowest BCUT2D eigenvalue weighted by molar-refractivity contribution is -0.145. The van der Waals surface area contributed by atoms with Crippen molar-refractivity contribution in [1.29, 1.82) is 0 Å². The zero-order chi connectivity index (χ0) is 14.2. The molecule has 2 aliphatic rings. The maximum Gasteiger partial charge on any atom is 0.326 e. The van der Waals surface area contributed by atoms with Gasteiger partial charge in [-0.3, -0.25) is 10.1 Å². The molecule has 1 unspecified atom stereocenters. The number of nitrogens with one attached hydrogen (secondary N) is 1. The van der Waals surface area contributed by atoms with Gasteiger partial charge in [-0.2, -0.15) is 0 Å². The number of hydrogen-bond acceptors (Lipinski definition) is 3. The smallest absolute Gasteiger partial charge is 0.326 e. The molecule has 0 amide bonds. The van der Waals surface area contributed by atoms with E-state index in [1.54, 1.807) is 0 Å². The van der Waals surface area contributed by atoms with Gasteiger partial charge in [-0.1, -0.05) is 18.2 Å². The first-order valence-electron chi connectivity index (χ1n) is 7.39. The number of carboxylic acid groups (broad SMARTS) is 1. The molecule has 2 aliphatic carbocycles. The Labute approximate surface area is 119 Å². The van der Waals surface area contributed by atoms with Crippen molar-refractivity contribution in [3.05, 3.63) is 30.3 Å². The molecule has 108 valence electrons. The summed E-state index contributed by atoms with van der Waals surface area (Å²) in [5.74, 6) is -0.429. The summed E-state index contributed by atoms with van der Waals surface area (Å²) in [5.41, 5.74) is 0.280. The maximum absolute atomic E-state index is 11.9. The fraction of sp³-hybridized carbons (Fsp3) is 0.562. The third-order valence-electron chi connectivity index (χ3n) is 4.38. The SMILES string of the molecule is CN(CC(NC1CC1)(C(=O)O)C1CC1)c1ccccc1. The van der Waals surface area contributed by atoms with E-state index in [0.717, 1.165) is 31.4 Å². The van der Waals surface area contributed by atoms with E-state index in [0.29, 0.717) is 12.6 Å². The maximum atomic E-state index is 11.9.